The molecule has 0 saturated carbocycles. The third-order valence-electron chi connectivity index (χ3n) is 3.59. The molecule has 0 aliphatic heterocycles. The molecule has 0 aliphatic rings. The van der Waals surface area contributed by atoms with Gasteiger partial charge in [0, 0.05) is 6.54 Å². The van der Waals surface area contributed by atoms with Crippen molar-refractivity contribution in [2.24, 2.45) is 0 Å². The highest BCUT2D eigenvalue weighted by Crippen LogP contribution is 2.28. The van der Waals surface area contributed by atoms with Gasteiger partial charge in [0.05, 0.1) is 7.11 Å². The van der Waals surface area contributed by atoms with Crippen molar-refractivity contribution in [3.05, 3.63) is 28.3 Å². The van der Waals surface area contributed by atoms with E-state index in [-0.39, 0.29) is 0 Å². The fourth-order valence-electron chi connectivity index (χ4n) is 2.03. The quantitative estimate of drug-likeness (QED) is 0.859. The third kappa shape index (κ3) is 3.26. The molecule has 19 heavy (non-hydrogen) atoms. The molecule has 0 spiro atoms. The van der Waals surface area contributed by atoms with Gasteiger partial charge in [0.15, 0.2) is 0 Å². The topological polar surface area (TPSA) is 58.6 Å². The first-order valence-electron chi connectivity index (χ1n) is 6.32. The third-order valence-corrected chi connectivity index (χ3v) is 3.59. The van der Waals surface area contributed by atoms with Gasteiger partial charge in [-0.15, -0.1) is 0 Å². The molecule has 0 atom stereocenters. The van der Waals surface area contributed by atoms with E-state index in [2.05, 4.69) is 5.32 Å². The smallest absolute Gasteiger partial charge is 0.323 e. The summed E-state index contributed by atoms with van der Waals surface area (Å²) in [5.41, 5.74) is 3.47. The maximum absolute atomic E-state index is 11.1. The maximum Gasteiger partial charge on any atom is 0.323 e. The van der Waals surface area contributed by atoms with E-state index in [1.807, 2.05) is 26.8 Å². The van der Waals surface area contributed by atoms with E-state index >= 15 is 0 Å². The van der Waals surface area contributed by atoms with Gasteiger partial charge in [0.25, 0.3) is 0 Å². The van der Waals surface area contributed by atoms with Crippen LogP contribution in [0, 0.1) is 20.8 Å². The molecule has 0 unspecified atom stereocenters. The van der Waals surface area contributed by atoms with Crippen LogP contribution in [-0.2, 0) is 11.3 Å². The highest BCUT2D eigenvalue weighted by molar-refractivity contribution is 5.77. The first-order chi connectivity index (χ1) is 8.70. The molecule has 106 valence electrons. The molecule has 0 bridgehead atoms. The van der Waals surface area contributed by atoms with E-state index in [1.165, 1.54) is 0 Å². The average molecular weight is 265 g/mol. The number of methoxy groups -OCH3 is 1. The lowest BCUT2D eigenvalue weighted by Crippen LogP contribution is -2.46. The molecule has 0 amide bonds. The second-order valence-corrected chi connectivity index (χ2v) is 5.42. The Labute approximate surface area is 114 Å². The number of benzene rings is 1. The van der Waals surface area contributed by atoms with E-state index in [4.69, 9.17) is 9.84 Å². The number of carbonyl (C=O) groups is 1. The van der Waals surface area contributed by atoms with E-state index in [1.54, 1.807) is 21.0 Å². The molecule has 0 aromatic heterocycles. The van der Waals surface area contributed by atoms with Crippen LogP contribution < -0.4 is 10.1 Å². The van der Waals surface area contributed by atoms with Crippen LogP contribution in [0.2, 0.25) is 0 Å². The molecule has 0 heterocycles. The average Bonchev–Trinajstić information content (AvgIpc) is 2.32. The minimum atomic E-state index is -0.936. The Morgan fingerprint density at radius 3 is 2.37 bits per heavy atom. The Morgan fingerprint density at radius 2 is 1.89 bits per heavy atom. The normalized spacial score (nSPS) is 11.5. The van der Waals surface area contributed by atoms with Crippen molar-refractivity contribution in [3.8, 4) is 5.75 Å². The number of nitrogens with one attached hydrogen (secondary N) is 1. The zero-order chi connectivity index (χ0) is 14.8. The fourth-order valence-corrected chi connectivity index (χ4v) is 2.03. The molecule has 4 nitrogen and oxygen atoms in total. The van der Waals surface area contributed by atoms with E-state index in [9.17, 15) is 4.79 Å². The number of carboxylic acids is 1. The predicted octanol–water partition coefficient (Wildman–Crippen LogP) is 2.57. The maximum atomic E-state index is 11.1. The Hall–Kier alpha value is -1.55. The van der Waals surface area contributed by atoms with Crippen LogP contribution >= 0.6 is 0 Å². The summed E-state index contributed by atoms with van der Waals surface area (Å²) in [6, 6.07) is 2.05. The molecule has 0 saturated heterocycles. The highest BCUT2D eigenvalue weighted by atomic mass is 16.5. The van der Waals surface area contributed by atoms with Crippen LogP contribution in [0.1, 0.15) is 36.1 Å². The van der Waals surface area contributed by atoms with Crippen LogP contribution in [0.5, 0.6) is 5.75 Å². The van der Waals surface area contributed by atoms with Crippen LogP contribution in [0.15, 0.2) is 6.07 Å². The summed E-state index contributed by atoms with van der Waals surface area (Å²) >= 11 is 0. The van der Waals surface area contributed by atoms with Gasteiger partial charge in [0.1, 0.15) is 11.3 Å². The number of aryl methyl sites for hydroxylation is 1. The van der Waals surface area contributed by atoms with Gasteiger partial charge in [-0.25, -0.2) is 0 Å². The fraction of sp³-hybridized carbons (Fsp3) is 0.533. The number of aliphatic carboxylic acids is 1. The van der Waals surface area contributed by atoms with Gasteiger partial charge in [-0.3, -0.25) is 10.1 Å². The summed E-state index contributed by atoms with van der Waals surface area (Å²) in [5.74, 6) is 0.0471. The number of hydrogen-bond donors (Lipinski definition) is 2. The lowest BCUT2D eigenvalue weighted by molar-refractivity contribution is -0.143. The van der Waals surface area contributed by atoms with Gasteiger partial charge in [-0.1, -0.05) is 6.07 Å². The van der Waals surface area contributed by atoms with Crippen LogP contribution in [0.3, 0.4) is 0 Å². The minimum absolute atomic E-state index is 0.525. The van der Waals surface area contributed by atoms with Crippen molar-refractivity contribution in [2.45, 2.75) is 46.7 Å². The lowest BCUT2D eigenvalue weighted by Gasteiger charge is -2.23. The Bertz CT molecular complexity index is 493. The Kier molecular flexibility index (Phi) is 4.58. The van der Waals surface area contributed by atoms with Crippen molar-refractivity contribution in [2.75, 3.05) is 7.11 Å². The standard InChI is InChI=1S/C15H23NO3/c1-9-7-12(8-16-15(4,5)14(17)18)10(2)11(3)13(9)19-6/h7,16H,8H2,1-6H3,(H,17,18). The van der Waals surface area contributed by atoms with Crippen molar-refractivity contribution in [1.29, 1.82) is 0 Å². The van der Waals surface area contributed by atoms with Crippen molar-refractivity contribution in [1.82, 2.24) is 5.32 Å². The van der Waals surface area contributed by atoms with Crippen LogP contribution in [-0.4, -0.2) is 23.7 Å². The summed E-state index contributed by atoms with van der Waals surface area (Å²) in [6.07, 6.45) is 0. The first-order valence-corrected chi connectivity index (χ1v) is 6.32. The first kappa shape index (κ1) is 15.5. The van der Waals surface area contributed by atoms with Gasteiger partial charge in [-0.05, 0) is 56.9 Å². The Balaban J connectivity index is 3.01. The van der Waals surface area contributed by atoms with Crippen molar-refractivity contribution >= 4 is 5.97 Å². The van der Waals surface area contributed by atoms with Gasteiger partial charge in [0.2, 0.25) is 0 Å². The zero-order valence-corrected chi connectivity index (χ0v) is 12.5. The second-order valence-electron chi connectivity index (χ2n) is 5.42. The van der Waals surface area contributed by atoms with Gasteiger partial charge >= 0.3 is 5.97 Å². The molecule has 0 aliphatic carbocycles. The Morgan fingerprint density at radius 1 is 1.32 bits per heavy atom. The van der Waals surface area contributed by atoms with E-state index < -0.39 is 11.5 Å². The van der Waals surface area contributed by atoms with Gasteiger partial charge < -0.3 is 9.84 Å². The van der Waals surface area contributed by atoms with Gasteiger partial charge in [-0.2, -0.15) is 0 Å². The summed E-state index contributed by atoms with van der Waals surface area (Å²) in [4.78, 5) is 11.1. The van der Waals surface area contributed by atoms with Crippen LogP contribution in [0.25, 0.3) is 0 Å². The molecule has 1 aromatic carbocycles. The SMILES string of the molecule is COc1c(C)cc(CNC(C)(C)C(=O)O)c(C)c1C. The number of ether oxygens (including phenoxy) is 1. The highest BCUT2D eigenvalue weighted by Gasteiger charge is 2.26. The lowest BCUT2D eigenvalue weighted by atomic mass is 9.97. The van der Waals surface area contributed by atoms with E-state index in [0.717, 1.165) is 28.0 Å². The summed E-state index contributed by atoms with van der Waals surface area (Å²) in [7, 11) is 1.67. The molecule has 4 heteroatoms. The predicted molar refractivity (Wildman–Crippen MR) is 75.8 cm³/mol. The number of hydrogen-bond acceptors (Lipinski definition) is 3. The zero-order valence-electron chi connectivity index (χ0n) is 12.5. The van der Waals surface area contributed by atoms with Crippen molar-refractivity contribution in [3.63, 3.8) is 0 Å². The molecule has 2 N–H and O–H groups in total. The summed E-state index contributed by atoms with van der Waals surface area (Å²) in [6.45, 7) is 9.89. The van der Waals surface area contributed by atoms with Crippen LogP contribution in [0.4, 0.5) is 0 Å². The molecular formula is C15H23NO3. The number of carboxylic acid groups (broad SMARTS) is 1. The molecule has 0 radical (unpaired) electrons. The largest absolute Gasteiger partial charge is 0.496 e. The number of rotatable bonds is 5. The molecule has 0 fully saturated rings. The summed E-state index contributed by atoms with van der Waals surface area (Å²) < 4.78 is 5.38. The van der Waals surface area contributed by atoms with Crippen molar-refractivity contribution < 1.29 is 14.6 Å². The molecule has 1 rings (SSSR count). The monoisotopic (exact) mass is 265 g/mol. The minimum Gasteiger partial charge on any atom is -0.496 e. The molecule has 1 aromatic rings. The summed E-state index contributed by atoms with van der Waals surface area (Å²) in [5, 5.41) is 12.2. The second kappa shape index (κ2) is 5.61. The molecular weight excluding hydrogens is 242 g/mol. The van der Waals surface area contributed by atoms with E-state index in [0.29, 0.717) is 6.54 Å².